The number of halogens is 3. The van der Waals surface area contributed by atoms with Crippen molar-refractivity contribution in [2.75, 3.05) is 18.9 Å². The van der Waals surface area contributed by atoms with Crippen LogP contribution in [0.1, 0.15) is 22.3 Å². The molecule has 2 amide bonds. The van der Waals surface area contributed by atoms with Crippen molar-refractivity contribution in [2.45, 2.75) is 26.4 Å². The second-order valence-electron chi connectivity index (χ2n) is 6.44. The minimum Gasteiger partial charge on any atom is -0.336 e. The lowest BCUT2D eigenvalue weighted by molar-refractivity contribution is -0.137. The zero-order valence-corrected chi connectivity index (χ0v) is 15.4. The summed E-state index contributed by atoms with van der Waals surface area (Å²) in [5, 5.41) is 2.79. The highest BCUT2D eigenvalue weighted by molar-refractivity contribution is 5.95. The van der Waals surface area contributed by atoms with E-state index in [0.717, 1.165) is 23.3 Å². The van der Waals surface area contributed by atoms with Gasteiger partial charge in [-0.2, -0.15) is 13.2 Å². The van der Waals surface area contributed by atoms with Crippen molar-refractivity contribution in [3.63, 3.8) is 0 Å². The first kappa shape index (κ1) is 20.5. The van der Waals surface area contributed by atoms with E-state index >= 15 is 0 Å². The van der Waals surface area contributed by atoms with Crippen molar-refractivity contribution < 1.29 is 22.8 Å². The zero-order valence-electron chi connectivity index (χ0n) is 15.4. The highest BCUT2D eigenvalue weighted by atomic mass is 19.4. The van der Waals surface area contributed by atoms with Gasteiger partial charge in [0.15, 0.2) is 0 Å². The number of aryl methyl sites for hydroxylation is 2. The molecule has 0 bridgehead atoms. The summed E-state index contributed by atoms with van der Waals surface area (Å²) >= 11 is 0. The molecule has 1 N–H and O–H groups in total. The maximum atomic E-state index is 12.6. The Hall–Kier alpha value is -2.83. The van der Waals surface area contributed by atoms with Gasteiger partial charge in [-0.15, -0.1) is 0 Å². The van der Waals surface area contributed by atoms with E-state index in [1.807, 2.05) is 32.0 Å². The molecule has 0 aliphatic heterocycles. The number of nitrogens with zero attached hydrogens (tertiary/aromatic N) is 1. The molecule has 0 atom stereocenters. The molecule has 0 aliphatic rings. The van der Waals surface area contributed by atoms with Gasteiger partial charge in [0.2, 0.25) is 11.8 Å². The van der Waals surface area contributed by atoms with Gasteiger partial charge >= 0.3 is 6.18 Å². The van der Waals surface area contributed by atoms with Crippen LogP contribution in [0.25, 0.3) is 0 Å². The van der Waals surface area contributed by atoms with Crippen molar-refractivity contribution in [3.05, 3.63) is 64.7 Å². The Morgan fingerprint density at radius 2 is 1.56 bits per heavy atom. The van der Waals surface area contributed by atoms with Crippen LogP contribution in [0.3, 0.4) is 0 Å². The maximum Gasteiger partial charge on any atom is 0.416 e. The fourth-order valence-electron chi connectivity index (χ4n) is 2.62. The first-order valence-corrected chi connectivity index (χ1v) is 8.34. The molecule has 2 aromatic carbocycles. The van der Waals surface area contributed by atoms with Crippen molar-refractivity contribution in [3.8, 4) is 0 Å². The van der Waals surface area contributed by atoms with Crippen LogP contribution in [-0.2, 0) is 22.2 Å². The third kappa shape index (κ3) is 5.57. The number of rotatable bonds is 5. The monoisotopic (exact) mass is 378 g/mol. The number of anilines is 1. The van der Waals surface area contributed by atoms with Crippen molar-refractivity contribution in [2.24, 2.45) is 0 Å². The van der Waals surface area contributed by atoms with Gasteiger partial charge in [0.05, 0.1) is 18.5 Å². The van der Waals surface area contributed by atoms with E-state index in [0.29, 0.717) is 11.3 Å². The molecule has 0 saturated heterocycles. The normalized spacial score (nSPS) is 11.2. The predicted octanol–water partition coefficient (Wildman–Crippen LogP) is 3.96. The summed E-state index contributed by atoms with van der Waals surface area (Å²) in [5.41, 5.74) is 2.24. The minimum absolute atomic E-state index is 0.0781. The summed E-state index contributed by atoms with van der Waals surface area (Å²) in [6.45, 7) is 3.61. The Labute approximate surface area is 156 Å². The Kier molecular flexibility index (Phi) is 6.25. The van der Waals surface area contributed by atoms with Crippen LogP contribution in [-0.4, -0.2) is 30.3 Å². The molecule has 2 rings (SSSR count). The Bertz CT molecular complexity index is 810. The van der Waals surface area contributed by atoms with E-state index in [2.05, 4.69) is 5.32 Å². The Morgan fingerprint density at radius 3 is 2.07 bits per heavy atom. The average Bonchev–Trinajstić information content (AvgIpc) is 2.58. The number of alkyl halides is 3. The van der Waals surface area contributed by atoms with Crippen molar-refractivity contribution in [1.82, 2.24) is 4.90 Å². The first-order chi connectivity index (χ1) is 12.6. The molecule has 2 aromatic rings. The number of likely N-dealkylation sites (N-methyl/N-ethyl adjacent to an activating group) is 1. The van der Waals surface area contributed by atoms with Gasteiger partial charge in [-0.25, -0.2) is 0 Å². The summed E-state index contributed by atoms with van der Waals surface area (Å²) in [5.74, 6) is -0.693. The van der Waals surface area contributed by atoms with Gasteiger partial charge in [-0.3, -0.25) is 9.59 Å². The van der Waals surface area contributed by atoms with Crippen LogP contribution < -0.4 is 5.32 Å². The van der Waals surface area contributed by atoms with E-state index in [1.165, 1.54) is 24.1 Å². The zero-order chi connectivity index (χ0) is 20.2. The number of benzene rings is 2. The summed E-state index contributed by atoms with van der Waals surface area (Å²) < 4.78 is 37.7. The summed E-state index contributed by atoms with van der Waals surface area (Å²) in [6.07, 6.45) is -4.49. The van der Waals surface area contributed by atoms with Crippen LogP contribution in [0.2, 0.25) is 0 Å². The number of nitrogens with one attached hydrogen (secondary N) is 1. The number of hydrogen-bond acceptors (Lipinski definition) is 2. The Morgan fingerprint density at radius 1 is 1.00 bits per heavy atom. The van der Waals surface area contributed by atoms with Gasteiger partial charge in [-0.05, 0) is 42.7 Å². The van der Waals surface area contributed by atoms with Crippen molar-refractivity contribution in [1.29, 1.82) is 0 Å². The van der Waals surface area contributed by atoms with Crippen LogP contribution in [0.5, 0.6) is 0 Å². The van der Waals surface area contributed by atoms with Gasteiger partial charge < -0.3 is 10.2 Å². The fourth-order valence-corrected chi connectivity index (χ4v) is 2.62. The van der Waals surface area contributed by atoms with E-state index in [-0.39, 0.29) is 24.8 Å². The predicted molar refractivity (Wildman–Crippen MR) is 97.3 cm³/mol. The quantitative estimate of drug-likeness (QED) is 0.856. The lowest BCUT2D eigenvalue weighted by atomic mass is 10.1. The molecule has 0 heterocycles. The molecule has 27 heavy (non-hydrogen) atoms. The van der Waals surface area contributed by atoms with E-state index in [1.54, 1.807) is 0 Å². The maximum absolute atomic E-state index is 12.6. The molecule has 0 spiro atoms. The standard InChI is InChI=1S/C20H21F3N2O2/c1-13-5-4-6-14(2)19(13)24-17(26)12-25(3)18(27)11-15-7-9-16(10-8-15)20(21,22)23/h4-10H,11-12H2,1-3H3,(H,24,26). The molecule has 7 heteroatoms. The molecule has 0 radical (unpaired) electrons. The topological polar surface area (TPSA) is 49.4 Å². The summed E-state index contributed by atoms with van der Waals surface area (Å²) in [6, 6.07) is 10.1. The second-order valence-corrected chi connectivity index (χ2v) is 6.44. The number of para-hydroxylation sites is 1. The van der Waals surface area contributed by atoms with Crippen molar-refractivity contribution >= 4 is 17.5 Å². The van der Waals surface area contributed by atoms with Gasteiger partial charge in [0, 0.05) is 12.7 Å². The number of carbonyl (C=O) groups is 2. The fraction of sp³-hybridized carbons (Fsp3) is 0.300. The molecular weight excluding hydrogens is 357 g/mol. The minimum atomic E-state index is -4.41. The summed E-state index contributed by atoms with van der Waals surface area (Å²) in [7, 11) is 1.48. The average molecular weight is 378 g/mol. The lowest BCUT2D eigenvalue weighted by Gasteiger charge is -2.18. The van der Waals surface area contributed by atoms with Gasteiger partial charge in [0.25, 0.3) is 0 Å². The van der Waals surface area contributed by atoms with E-state index < -0.39 is 11.7 Å². The van der Waals surface area contributed by atoms with Gasteiger partial charge in [-0.1, -0.05) is 30.3 Å². The smallest absolute Gasteiger partial charge is 0.336 e. The second kappa shape index (κ2) is 8.24. The SMILES string of the molecule is Cc1cccc(C)c1NC(=O)CN(C)C(=O)Cc1ccc(C(F)(F)F)cc1. The lowest BCUT2D eigenvalue weighted by Crippen LogP contribution is -2.36. The highest BCUT2D eigenvalue weighted by Crippen LogP contribution is 2.29. The van der Waals surface area contributed by atoms with Crippen LogP contribution in [0.15, 0.2) is 42.5 Å². The molecule has 0 aromatic heterocycles. The third-order valence-electron chi connectivity index (χ3n) is 4.19. The highest BCUT2D eigenvalue weighted by Gasteiger charge is 2.30. The Balaban J connectivity index is 1.94. The van der Waals surface area contributed by atoms with E-state index in [4.69, 9.17) is 0 Å². The number of hydrogen-bond donors (Lipinski definition) is 1. The molecule has 0 unspecified atom stereocenters. The molecular formula is C20H21F3N2O2. The van der Waals surface area contributed by atoms with Gasteiger partial charge in [0.1, 0.15) is 0 Å². The number of amides is 2. The molecule has 0 fully saturated rings. The largest absolute Gasteiger partial charge is 0.416 e. The third-order valence-corrected chi connectivity index (χ3v) is 4.19. The molecule has 144 valence electrons. The molecule has 4 nitrogen and oxygen atoms in total. The number of carbonyl (C=O) groups excluding carboxylic acids is 2. The van der Waals surface area contributed by atoms with Crippen LogP contribution in [0.4, 0.5) is 18.9 Å². The van der Waals surface area contributed by atoms with Crippen LogP contribution in [0, 0.1) is 13.8 Å². The summed E-state index contributed by atoms with van der Waals surface area (Å²) in [4.78, 5) is 25.7. The van der Waals surface area contributed by atoms with E-state index in [9.17, 15) is 22.8 Å². The van der Waals surface area contributed by atoms with Crippen LogP contribution >= 0.6 is 0 Å². The molecule has 0 aliphatic carbocycles. The first-order valence-electron chi connectivity index (χ1n) is 8.34. The molecule has 0 saturated carbocycles.